The number of anilines is 1. The van der Waals surface area contributed by atoms with Crippen LogP contribution in [0, 0.1) is 11.7 Å². The smallest absolute Gasteiger partial charge is 0.259 e. The topological polar surface area (TPSA) is 53.7 Å². The molecule has 2 aliphatic rings. The molecule has 2 saturated heterocycles. The highest BCUT2D eigenvalue weighted by atomic mass is 19.1. The molecule has 2 aliphatic heterocycles. The Morgan fingerprint density at radius 1 is 1.23 bits per heavy atom. The number of benzene rings is 1. The first kappa shape index (κ1) is 19.0. The molecule has 0 radical (unpaired) electrons. The molecule has 5 rings (SSSR count). The van der Waals surface area contributed by atoms with E-state index in [9.17, 15) is 13.6 Å². The molecule has 1 aromatic carbocycles. The van der Waals surface area contributed by atoms with Crippen LogP contribution in [0.1, 0.15) is 41.7 Å². The fraction of sp³-hybridized carbons (Fsp3) is 0.409. The number of likely N-dealkylation sites (tertiary alicyclic amines) is 1. The summed E-state index contributed by atoms with van der Waals surface area (Å²) in [5.41, 5.74) is 1.62. The Labute approximate surface area is 173 Å². The van der Waals surface area contributed by atoms with Crippen LogP contribution in [-0.4, -0.2) is 51.2 Å². The fourth-order valence-corrected chi connectivity index (χ4v) is 4.53. The van der Waals surface area contributed by atoms with Crippen molar-refractivity contribution in [3.8, 4) is 0 Å². The predicted octanol–water partition coefficient (Wildman–Crippen LogP) is 3.64. The van der Waals surface area contributed by atoms with Crippen molar-refractivity contribution in [3.63, 3.8) is 0 Å². The lowest BCUT2D eigenvalue weighted by molar-refractivity contribution is 0.0790. The van der Waals surface area contributed by atoms with E-state index in [1.807, 2.05) is 9.80 Å². The van der Waals surface area contributed by atoms with Crippen molar-refractivity contribution in [1.82, 2.24) is 19.5 Å². The summed E-state index contributed by atoms with van der Waals surface area (Å²) in [4.78, 5) is 21.4. The van der Waals surface area contributed by atoms with Gasteiger partial charge in [0.2, 0.25) is 0 Å². The normalized spacial score (nSPS) is 24.2. The van der Waals surface area contributed by atoms with Gasteiger partial charge < -0.3 is 9.80 Å². The van der Waals surface area contributed by atoms with Crippen molar-refractivity contribution >= 4 is 17.4 Å². The monoisotopic (exact) mass is 411 g/mol. The lowest BCUT2D eigenvalue weighted by Gasteiger charge is -2.26. The maximum Gasteiger partial charge on any atom is 0.259 e. The third-order valence-electron chi connectivity index (χ3n) is 6.07. The molecule has 0 spiro atoms. The molecule has 3 aromatic rings. The predicted molar refractivity (Wildman–Crippen MR) is 109 cm³/mol. The largest absolute Gasteiger partial charge is 0.346 e. The number of halogens is 2. The van der Waals surface area contributed by atoms with Gasteiger partial charge in [0.15, 0.2) is 5.65 Å². The average molecular weight is 411 g/mol. The summed E-state index contributed by atoms with van der Waals surface area (Å²) in [6.45, 7) is 3.76. The first-order valence-electron chi connectivity index (χ1n) is 10.3. The van der Waals surface area contributed by atoms with Crippen molar-refractivity contribution in [2.24, 2.45) is 5.92 Å². The van der Waals surface area contributed by atoms with Crippen LogP contribution >= 0.6 is 0 Å². The first-order chi connectivity index (χ1) is 14.5. The summed E-state index contributed by atoms with van der Waals surface area (Å²) < 4.78 is 29.7. The number of carbonyl (C=O) groups excluding carboxylic acids is 1. The van der Waals surface area contributed by atoms with Gasteiger partial charge in [-0.05, 0) is 36.1 Å². The zero-order chi connectivity index (χ0) is 20.8. The van der Waals surface area contributed by atoms with Crippen molar-refractivity contribution in [3.05, 3.63) is 59.7 Å². The van der Waals surface area contributed by atoms with Crippen molar-refractivity contribution in [2.75, 3.05) is 24.5 Å². The second kappa shape index (κ2) is 7.34. The number of carbonyl (C=O) groups is 1. The SMILES string of the molecule is CC1CCN(C(=O)c2cnn3ccc(N4CC(F)CC4c4cccc(F)c4)nc23)C1. The van der Waals surface area contributed by atoms with E-state index in [0.29, 0.717) is 28.5 Å². The summed E-state index contributed by atoms with van der Waals surface area (Å²) in [7, 11) is 0. The number of amides is 1. The van der Waals surface area contributed by atoms with Crippen LogP contribution in [0.5, 0.6) is 0 Å². The van der Waals surface area contributed by atoms with E-state index in [1.165, 1.54) is 12.1 Å². The van der Waals surface area contributed by atoms with E-state index in [4.69, 9.17) is 0 Å². The Morgan fingerprint density at radius 3 is 2.87 bits per heavy atom. The highest BCUT2D eigenvalue weighted by Gasteiger charge is 2.35. The molecule has 8 heteroatoms. The van der Waals surface area contributed by atoms with E-state index in [2.05, 4.69) is 17.0 Å². The highest BCUT2D eigenvalue weighted by molar-refractivity contribution is 5.99. The van der Waals surface area contributed by atoms with Crippen molar-refractivity contribution < 1.29 is 13.6 Å². The lowest BCUT2D eigenvalue weighted by atomic mass is 10.0. The maximum atomic E-state index is 14.4. The second-order valence-electron chi connectivity index (χ2n) is 8.31. The molecule has 0 saturated carbocycles. The fourth-order valence-electron chi connectivity index (χ4n) is 4.53. The Bertz CT molecular complexity index is 1100. The van der Waals surface area contributed by atoms with Crippen molar-refractivity contribution in [1.29, 1.82) is 0 Å². The van der Waals surface area contributed by atoms with E-state index >= 15 is 0 Å². The molecular formula is C22H23F2N5O. The van der Waals surface area contributed by atoms with Gasteiger partial charge in [0.25, 0.3) is 5.91 Å². The summed E-state index contributed by atoms with van der Waals surface area (Å²) >= 11 is 0. The molecule has 6 nitrogen and oxygen atoms in total. The summed E-state index contributed by atoms with van der Waals surface area (Å²) in [6.07, 6.45) is 3.50. The first-order valence-corrected chi connectivity index (χ1v) is 10.3. The molecule has 3 unspecified atom stereocenters. The van der Waals surface area contributed by atoms with E-state index < -0.39 is 6.17 Å². The molecule has 0 N–H and O–H groups in total. The van der Waals surface area contributed by atoms with Gasteiger partial charge >= 0.3 is 0 Å². The Balaban J connectivity index is 1.50. The van der Waals surface area contributed by atoms with Crippen LogP contribution in [0.2, 0.25) is 0 Å². The summed E-state index contributed by atoms with van der Waals surface area (Å²) in [5, 5.41) is 4.27. The number of aromatic nitrogens is 3. The second-order valence-corrected chi connectivity index (χ2v) is 8.31. The molecule has 156 valence electrons. The third-order valence-corrected chi connectivity index (χ3v) is 6.07. The summed E-state index contributed by atoms with van der Waals surface area (Å²) in [6, 6.07) is 7.71. The van der Waals surface area contributed by atoms with Crippen LogP contribution in [0.15, 0.2) is 42.7 Å². The van der Waals surface area contributed by atoms with Crippen LogP contribution in [0.3, 0.4) is 0 Å². The maximum absolute atomic E-state index is 14.4. The van der Waals surface area contributed by atoms with Crippen LogP contribution in [0.25, 0.3) is 5.65 Å². The number of rotatable bonds is 3. The molecule has 0 aliphatic carbocycles. The number of alkyl halides is 1. The highest BCUT2D eigenvalue weighted by Crippen LogP contribution is 2.37. The standard InChI is InChI=1S/C22H23F2N5O/c1-14-5-7-27(12-14)22(30)18-11-25-29-8-6-20(26-21(18)29)28-13-17(24)10-19(28)15-3-2-4-16(23)9-15/h2-4,6,8-9,11,14,17,19H,5,7,10,12-13H2,1H3. The number of fused-ring (bicyclic) bond motifs is 1. The zero-order valence-corrected chi connectivity index (χ0v) is 16.7. The minimum atomic E-state index is -1.03. The Kier molecular flexibility index (Phi) is 4.64. The average Bonchev–Trinajstić information content (AvgIpc) is 3.45. The van der Waals surface area contributed by atoms with Gasteiger partial charge in [-0.25, -0.2) is 18.3 Å². The van der Waals surface area contributed by atoms with Crippen LogP contribution in [-0.2, 0) is 0 Å². The molecular weight excluding hydrogens is 388 g/mol. The minimum absolute atomic E-state index is 0.0783. The van der Waals surface area contributed by atoms with Gasteiger partial charge in [-0.1, -0.05) is 19.1 Å². The Morgan fingerprint density at radius 2 is 2.10 bits per heavy atom. The molecule has 3 atom stereocenters. The van der Waals surface area contributed by atoms with Gasteiger partial charge in [0.1, 0.15) is 23.4 Å². The van der Waals surface area contributed by atoms with E-state index in [-0.39, 0.29) is 30.7 Å². The van der Waals surface area contributed by atoms with Gasteiger partial charge in [0.05, 0.1) is 18.8 Å². The van der Waals surface area contributed by atoms with Gasteiger partial charge in [-0.15, -0.1) is 0 Å². The molecule has 0 bridgehead atoms. The van der Waals surface area contributed by atoms with E-state index in [1.54, 1.807) is 35.1 Å². The quantitative estimate of drug-likeness (QED) is 0.660. The number of hydrogen-bond acceptors (Lipinski definition) is 4. The molecule has 2 aromatic heterocycles. The number of nitrogens with zero attached hydrogens (tertiary/aromatic N) is 5. The molecule has 30 heavy (non-hydrogen) atoms. The Hall–Kier alpha value is -3.03. The molecule has 1 amide bonds. The van der Waals surface area contributed by atoms with Gasteiger partial charge in [0, 0.05) is 25.7 Å². The molecule has 4 heterocycles. The number of hydrogen-bond donors (Lipinski definition) is 0. The van der Waals surface area contributed by atoms with Crippen LogP contribution < -0.4 is 4.90 Å². The molecule has 2 fully saturated rings. The zero-order valence-electron chi connectivity index (χ0n) is 16.7. The summed E-state index contributed by atoms with van der Waals surface area (Å²) in [5.74, 6) is 0.617. The van der Waals surface area contributed by atoms with Crippen LogP contribution in [0.4, 0.5) is 14.6 Å². The van der Waals surface area contributed by atoms with E-state index in [0.717, 1.165) is 19.5 Å². The van der Waals surface area contributed by atoms with Gasteiger partial charge in [-0.2, -0.15) is 5.10 Å². The lowest BCUT2D eigenvalue weighted by Crippen LogP contribution is -2.28. The third kappa shape index (κ3) is 3.30. The van der Waals surface area contributed by atoms with Gasteiger partial charge in [-0.3, -0.25) is 4.79 Å². The van der Waals surface area contributed by atoms with Crippen molar-refractivity contribution in [2.45, 2.75) is 32.0 Å². The minimum Gasteiger partial charge on any atom is -0.346 e.